The Balaban J connectivity index is 1.80. The van der Waals surface area contributed by atoms with Crippen LogP contribution in [0.2, 0.25) is 10.0 Å². The summed E-state index contributed by atoms with van der Waals surface area (Å²) in [5, 5.41) is 18.9. The first-order valence-electron chi connectivity index (χ1n) is 8.43. The molecule has 26 heavy (non-hydrogen) atoms. The number of nitriles is 1. The van der Waals surface area contributed by atoms with Gasteiger partial charge in [-0.05, 0) is 25.8 Å². The number of hydrogen-bond acceptors (Lipinski definition) is 5. The minimum Gasteiger partial charge on any atom is -0.326 e. The van der Waals surface area contributed by atoms with E-state index in [1.54, 1.807) is 28.6 Å². The third-order valence-electron chi connectivity index (χ3n) is 4.89. The summed E-state index contributed by atoms with van der Waals surface area (Å²) in [6.45, 7) is 1.81. The van der Waals surface area contributed by atoms with Gasteiger partial charge in [-0.25, -0.2) is 0 Å². The molecule has 0 N–H and O–H groups in total. The highest BCUT2D eigenvalue weighted by atomic mass is 35.5. The summed E-state index contributed by atoms with van der Waals surface area (Å²) < 4.78 is 1.68. The van der Waals surface area contributed by atoms with E-state index < -0.39 is 10.8 Å². The second-order valence-electron chi connectivity index (χ2n) is 6.54. The Morgan fingerprint density at radius 1 is 1.38 bits per heavy atom. The molecule has 1 atom stereocenters. The fourth-order valence-corrected chi connectivity index (χ4v) is 4.76. The summed E-state index contributed by atoms with van der Waals surface area (Å²) in [7, 11) is 1.73. The molecule has 0 unspecified atom stereocenters. The van der Waals surface area contributed by atoms with Crippen LogP contribution in [0.25, 0.3) is 5.65 Å². The molecule has 1 fully saturated rings. The number of carbonyl (C=O) groups is 1. The van der Waals surface area contributed by atoms with Crippen LogP contribution in [-0.2, 0) is 4.79 Å². The summed E-state index contributed by atoms with van der Waals surface area (Å²) >= 11 is 13.5. The molecule has 2 aromatic rings. The number of aromatic nitrogens is 3. The Kier molecular flexibility index (Phi) is 5.66. The third kappa shape index (κ3) is 3.51. The predicted octanol–water partition coefficient (Wildman–Crippen LogP) is 4.20. The van der Waals surface area contributed by atoms with Crippen molar-refractivity contribution in [2.75, 3.05) is 7.05 Å². The smallest absolute Gasteiger partial charge is 0.236 e. The van der Waals surface area contributed by atoms with Gasteiger partial charge in [-0.1, -0.05) is 54.2 Å². The highest BCUT2D eigenvalue weighted by Crippen LogP contribution is 2.34. The van der Waals surface area contributed by atoms with Crippen LogP contribution in [0.4, 0.5) is 0 Å². The van der Waals surface area contributed by atoms with E-state index in [1.165, 1.54) is 11.8 Å². The molecule has 0 bridgehead atoms. The topological polar surface area (TPSA) is 74.3 Å². The van der Waals surface area contributed by atoms with Crippen molar-refractivity contribution in [3.05, 3.63) is 22.3 Å². The monoisotopic (exact) mass is 411 g/mol. The van der Waals surface area contributed by atoms with Gasteiger partial charge >= 0.3 is 0 Å². The molecule has 0 spiro atoms. The predicted molar refractivity (Wildman–Crippen MR) is 103 cm³/mol. The molecule has 0 radical (unpaired) electrons. The molecule has 9 heteroatoms. The van der Waals surface area contributed by atoms with E-state index in [0.717, 1.165) is 32.1 Å². The molecule has 0 saturated heterocycles. The lowest BCUT2D eigenvalue weighted by Gasteiger charge is -2.40. The zero-order chi connectivity index (χ0) is 18.9. The van der Waals surface area contributed by atoms with E-state index in [2.05, 4.69) is 16.3 Å². The van der Waals surface area contributed by atoms with Gasteiger partial charge in [0, 0.05) is 13.2 Å². The van der Waals surface area contributed by atoms with Crippen molar-refractivity contribution in [1.82, 2.24) is 19.5 Å². The summed E-state index contributed by atoms with van der Waals surface area (Å²) in [5.74, 6) is -0.0941. The number of thioether (sulfide) groups is 1. The number of hydrogen-bond donors (Lipinski definition) is 0. The SMILES string of the molecule is C[C@H](Sc1nnc2c(Cl)cc(Cl)cn12)C(=O)N(C)C1(C#N)CCCCC1. The van der Waals surface area contributed by atoms with E-state index in [1.807, 2.05) is 6.92 Å². The minimum absolute atomic E-state index is 0.0941. The normalized spacial score (nSPS) is 17.7. The first kappa shape index (κ1) is 19.3. The number of pyridine rings is 1. The maximum Gasteiger partial charge on any atom is 0.236 e. The maximum atomic E-state index is 12.9. The minimum atomic E-state index is -0.705. The van der Waals surface area contributed by atoms with Crippen molar-refractivity contribution in [2.24, 2.45) is 0 Å². The molecule has 2 heterocycles. The average molecular weight is 412 g/mol. The molecular weight excluding hydrogens is 393 g/mol. The van der Waals surface area contributed by atoms with Crippen LogP contribution in [0.3, 0.4) is 0 Å². The Bertz CT molecular complexity index is 872. The number of fused-ring (bicyclic) bond motifs is 1. The van der Waals surface area contributed by atoms with Crippen molar-refractivity contribution in [2.45, 2.75) is 55.0 Å². The Morgan fingerprint density at radius 2 is 2.08 bits per heavy atom. The van der Waals surface area contributed by atoms with Gasteiger partial charge in [0.05, 0.1) is 21.4 Å². The molecule has 0 aromatic carbocycles. The fourth-order valence-electron chi connectivity index (χ4n) is 3.33. The van der Waals surface area contributed by atoms with Crippen LogP contribution in [0.15, 0.2) is 17.4 Å². The molecule has 1 aliphatic carbocycles. The lowest BCUT2D eigenvalue weighted by molar-refractivity contribution is -0.133. The van der Waals surface area contributed by atoms with Crippen LogP contribution in [0, 0.1) is 11.3 Å². The molecular formula is C17H19Cl2N5OS. The number of amides is 1. The largest absolute Gasteiger partial charge is 0.326 e. The number of carbonyl (C=O) groups excluding carboxylic acids is 1. The number of nitrogens with zero attached hydrogens (tertiary/aromatic N) is 5. The standard InChI is InChI=1S/C17H19Cl2N5OS/c1-11(15(25)23(2)17(10-20)6-4-3-5-7-17)26-16-22-21-14-13(19)8-12(18)9-24(14)16/h8-9,11H,3-7H2,1-2H3/t11-/m0/s1. The first-order chi connectivity index (χ1) is 12.4. The van der Waals surface area contributed by atoms with E-state index in [0.29, 0.717) is 20.8 Å². The van der Waals surface area contributed by atoms with E-state index in [9.17, 15) is 10.1 Å². The Labute approximate surface area is 166 Å². The quantitative estimate of drug-likeness (QED) is 0.704. The molecule has 3 rings (SSSR count). The third-order valence-corrected chi connectivity index (χ3v) is 6.42. The molecule has 1 saturated carbocycles. The molecule has 2 aromatic heterocycles. The van der Waals surface area contributed by atoms with Crippen molar-refractivity contribution < 1.29 is 4.79 Å². The first-order valence-corrected chi connectivity index (χ1v) is 10.1. The van der Waals surface area contributed by atoms with Gasteiger partial charge in [0.2, 0.25) is 5.91 Å². The van der Waals surface area contributed by atoms with Crippen molar-refractivity contribution in [3.63, 3.8) is 0 Å². The van der Waals surface area contributed by atoms with Crippen LogP contribution in [0.1, 0.15) is 39.0 Å². The van der Waals surface area contributed by atoms with E-state index in [4.69, 9.17) is 23.2 Å². The summed E-state index contributed by atoms with van der Waals surface area (Å²) in [6, 6.07) is 3.99. The molecule has 1 aliphatic rings. The maximum absolute atomic E-state index is 12.9. The van der Waals surface area contributed by atoms with Crippen molar-refractivity contribution in [1.29, 1.82) is 5.26 Å². The Morgan fingerprint density at radius 3 is 2.73 bits per heavy atom. The number of rotatable bonds is 4. The zero-order valence-electron chi connectivity index (χ0n) is 14.6. The lowest BCUT2D eigenvalue weighted by Crippen LogP contribution is -2.52. The second-order valence-corrected chi connectivity index (χ2v) is 8.70. The average Bonchev–Trinajstić information content (AvgIpc) is 3.03. The van der Waals surface area contributed by atoms with E-state index in [-0.39, 0.29) is 5.91 Å². The highest BCUT2D eigenvalue weighted by molar-refractivity contribution is 8.00. The molecule has 138 valence electrons. The molecule has 0 aliphatic heterocycles. The summed E-state index contributed by atoms with van der Waals surface area (Å²) in [5.41, 5.74) is -0.212. The van der Waals surface area contributed by atoms with Gasteiger partial charge in [0.25, 0.3) is 0 Å². The number of halogens is 2. The summed E-state index contributed by atoms with van der Waals surface area (Å²) in [4.78, 5) is 14.6. The van der Waals surface area contributed by atoms with Crippen LogP contribution < -0.4 is 0 Å². The van der Waals surface area contributed by atoms with Gasteiger partial charge in [-0.3, -0.25) is 9.20 Å². The Hall–Kier alpha value is -1.49. The molecule has 6 nitrogen and oxygen atoms in total. The van der Waals surface area contributed by atoms with Gasteiger partial charge < -0.3 is 4.90 Å². The zero-order valence-corrected chi connectivity index (χ0v) is 16.9. The van der Waals surface area contributed by atoms with Crippen molar-refractivity contribution in [3.8, 4) is 6.07 Å². The highest BCUT2D eigenvalue weighted by Gasteiger charge is 2.40. The van der Waals surface area contributed by atoms with Gasteiger partial charge in [0.1, 0.15) is 5.54 Å². The van der Waals surface area contributed by atoms with Gasteiger partial charge in [0.15, 0.2) is 10.8 Å². The fraction of sp³-hybridized carbons (Fsp3) is 0.529. The van der Waals surface area contributed by atoms with Crippen molar-refractivity contribution >= 4 is 46.5 Å². The van der Waals surface area contributed by atoms with Crippen LogP contribution in [0.5, 0.6) is 0 Å². The molecule has 1 amide bonds. The van der Waals surface area contributed by atoms with Crippen LogP contribution in [-0.4, -0.2) is 43.2 Å². The van der Waals surface area contributed by atoms with Gasteiger partial charge in [-0.15, -0.1) is 10.2 Å². The second kappa shape index (κ2) is 7.63. The summed E-state index contributed by atoms with van der Waals surface area (Å²) in [6.07, 6.45) is 6.17. The van der Waals surface area contributed by atoms with Gasteiger partial charge in [-0.2, -0.15) is 5.26 Å². The van der Waals surface area contributed by atoms with Crippen LogP contribution >= 0.6 is 35.0 Å². The lowest BCUT2D eigenvalue weighted by atomic mass is 9.81. The van der Waals surface area contributed by atoms with E-state index >= 15 is 0 Å².